The van der Waals surface area contributed by atoms with Crippen LogP contribution in [-0.4, -0.2) is 18.3 Å². The van der Waals surface area contributed by atoms with Gasteiger partial charge in [-0.3, -0.25) is 14.9 Å². The van der Waals surface area contributed by atoms with Crippen molar-refractivity contribution < 1.29 is 14.3 Å². The van der Waals surface area contributed by atoms with Crippen molar-refractivity contribution in [1.29, 1.82) is 0 Å². The van der Waals surface area contributed by atoms with Crippen LogP contribution in [-0.2, 0) is 4.79 Å². The molecule has 1 saturated heterocycles. The van der Waals surface area contributed by atoms with Crippen molar-refractivity contribution in [3.63, 3.8) is 0 Å². The van der Waals surface area contributed by atoms with Crippen molar-refractivity contribution in [1.82, 2.24) is 5.32 Å². The summed E-state index contributed by atoms with van der Waals surface area (Å²) in [5, 5.41) is 2.28. The number of carbonyl (C=O) groups excluding carboxylic acids is 2. The first-order chi connectivity index (χ1) is 8.10. The molecule has 0 atom stereocenters. The third-order valence-electron chi connectivity index (χ3n) is 2.12. The van der Waals surface area contributed by atoms with Crippen molar-refractivity contribution in [2.75, 3.05) is 7.11 Å². The van der Waals surface area contributed by atoms with Gasteiger partial charge in [0.1, 0.15) is 5.75 Å². The van der Waals surface area contributed by atoms with Gasteiger partial charge in [-0.15, -0.1) is 0 Å². The lowest BCUT2D eigenvalue weighted by molar-refractivity contribution is -0.115. The minimum absolute atomic E-state index is 0.358. The van der Waals surface area contributed by atoms with Gasteiger partial charge in [-0.25, -0.2) is 0 Å². The van der Waals surface area contributed by atoms with Gasteiger partial charge in [0.05, 0.1) is 17.0 Å². The fourth-order valence-electron chi connectivity index (χ4n) is 1.34. The Morgan fingerprint density at radius 3 is 2.71 bits per heavy atom. The van der Waals surface area contributed by atoms with Gasteiger partial charge >= 0.3 is 0 Å². The highest BCUT2D eigenvalue weighted by Crippen LogP contribution is 2.29. The molecule has 2 amide bonds. The second kappa shape index (κ2) is 4.81. The maximum absolute atomic E-state index is 11.3. The van der Waals surface area contributed by atoms with Crippen molar-refractivity contribution in [3.05, 3.63) is 33.7 Å². The summed E-state index contributed by atoms with van der Waals surface area (Å²) >= 11 is 6.82. The van der Waals surface area contributed by atoms with E-state index in [9.17, 15) is 9.59 Å². The SMILES string of the molecule is COc1ccc(C=C2SC(=O)NC2=O)cc1Cl. The van der Waals surface area contributed by atoms with E-state index in [1.807, 2.05) is 0 Å². The van der Waals surface area contributed by atoms with Crippen LogP contribution in [0.3, 0.4) is 0 Å². The van der Waals surface area contributed by atoms with E-state index in [2.05, 4.69) is 5.32 Å². The van der Waals surface area contributed by atoms with E-state index in [1.54, 1.807) is 24.3 Å². The first-order valence-corrected chi connectivity index (χ1v) is 5.88. The zero-order valence-corrected chi connectivity index (χ0v) is 10.4. The van der Waals surface area contributed by atoms with Crippen molar-refractivity contribution in [3.8, 4) is 5.75 Å². The summed E-state index contributed by atoms with van der Waals surface area (Å²) in [6.07, 6.45) is 1.61. The van der Waals surface area contributed by atoms with Crippen LogP contribution in [0.15, 0.2) is 23.1 Å². The van der Waals surface area contributed by atoms with Crippen LogP contribution in [0.2, 0.25) is 5.02 Å². The molecule has 0 unspecified atom stereocenters. The number of thioether (sulfide) groups is 1. The van der Waals surface area contributed by atoms with E-state index in [0.717, 1.165) is 17.3 Å². The maximum atomic E-state index is 11.3. The van der Waals surface area contributed by atoms with Gasteiger partial charge < -0.3 is 4.74 Å². The Labute approximate surface area is 107 Å². The zero-order chi connectivity index (χ0) is 12.4. The monoisotopic (exact) mass is 269 g/mol. The van der Waals surface area contributed by atoms with Gasteiger partial charge in [0, 0.05) is 0 Å². The topological polar surface area (TPSA) is 55.4 Å². The van der Waals surface area contributed by atoms with Gasteiger partial charge in [-0.2, -0.15) is 0 Å². The second-order valence-electron chi connectivity index (χ2n) is 3.25. The summed E-state index contributed by atoms with van der Waals surface area (Å²) in [4.78, 5) is 22.6. The molecular formula is C11H8ClNO3S. The molecule has 1 heterocycles. The van der Waals surface area contributed by atoms with E-state index >= 15 is 0 Å². The zero-order valence-electron chi connectivity index (χ0n) is 8.82. The van der Waals surface area contributed by atoms with Gasteiger partial charge in [0.25, 0.3) is 11.1 Å². The molecular weight excluding hydrogens is 262 g/mol. The van der Waals surface area contributed by atoms with E-state index in [-0.39, 0.29) is 11.1 Å². The van der Waals surface area contributed by atoms with E-state index in [1.165, 1.54) is 7.11 Å². The Bertz CT molecular complexity index is 527. The highest BCUT2D eigenvalue weighted by Gasteiger charge is 2.24. The molecule has 0 spiro atoms. The fourth-order valence-corrected chi connectivity index (χ4v) is 2.29. The smallest absolute Gasteiger partial charge is 0.290 e. The molecule has 1 aromatic carbocycles. The third kappa shape index (κ3) is 2.62. The lowest BCUT2D eigenvalue weighted by Crippen LogP contribution is -2.17. The summed E-state index contributed by atoms with van der Waals surface area (Å²) in [5.41, 5.74) is 0.739. The molecule has 0 aliphatic carbocycles. The van der Waals surface area contributed by atoms with Gasteiger partial charge in [0.2, 0.25) is 0 Å². The summed E-state index contributed by atoms with van der Waals surface area (Å²) in [5.74, 6) is 0.181. The number of benzene rings is 1. The third-order valence-corrected chi connectivity index (χ3v) is 3.22. The summed E-state index contributed by atoms with van der Waals surface area (Å²) < 4.78 is 5.02. The predicted octanol–water partition coefficient (Wildman–Crippen LogP) is 2.67. The molecule has 1 aromatic rings. The van der Waals surface area contributed by atoms with Crippen LogP contribution in [0.25, 0.3) is 6.08 Å². The van der Waals surface area contributed by atoms with Crippen molar-refractivity contribution in [2.24, 2.45) is 0 Å². The Balaban J connectivity index is 2.30. The van der Waals surface area contributed by atoms with Crippen LogP contribution in [0.4, 0.5) is 4.79 Å². The molecule has 1 aliphatic rings. The first-order valence-electron chi connectivity index (χ1n) is 4.68. The number of ether oxygens (including phenoxy) is 1. The largest absolute Gasteiger partial charge is 0.495 e. The number of halogens is 1. The number of hydrogen-bond acceptors (Lipinski definition) is 4. The molecule has 1 N–H and O–H groups in total. The maximum Gasteiger partial charge on any atom is 0.290 e. The van der Waals surface area contributed by atoms with Crippen LogP contribution in [0.1, 0.15) is 5.56 Å². The molecule has 0 radical (unpaired) electrons. The standard InChI is InChI=1S/C11H8ClNO3S/c1-16-8-3-2-6(4-7(8)12)5-9-10(14)13-11(15)17-9/h2-5H,1H3,(H,13,14,15). The molecule has 17 heavy (non-hydrogen) atoms. The Hall–Kier alpha value is -1.46. The molecule has 0 saturated carbocycles. The quantitative estimate of drug-likeness (QED) is 0.839. The average molecular weight is 270 g/mol. The minimum atomic E-state index is -0.382. The summed E-state index contributed by atoms with van der Waals surface area (Å²) in [6.45, 7) is 0. The van der Waals surface area contributed by atoms with Gasteiger partial charge in [0.15, 0.2) is 0 Å². The van der Waals surface area contributed by atoms with E-state index in [4.69, 9.17) is 16.3 Å². The molecule has 4 nitrogen and oxygen atoms in total. The van der Waals surface area contributed by atoms with Crippen LogP contribution < -0.4 is 10.1 Å². The normalized spacial score (nSPS) is 17.4. The van der Waals surface area contributed by atoms with Crippen LogP contribution in [0, 0.1) is 0 Å². The number of rotatable bonds is 2. The number of hydrogen-bond donors (Lipinski definition) is 1. The van der Waals surface area contributed by atoms with E-state index < -0.39 is 0 Å². The Kier molecular flexibility index (Phi) is 3.40. The van der Waals surface area contributed by atoms with Crippen LogP contribution >= 0.6 is 23.4 Å². The van der Waals surface area contributed by atoms with Gasteiger partial charge in [-0.05, 0) is 35.5 Å². The number of imide groups is 1. The number of amides is 2. The number of methoxy groups -OCH3 is 1. The van der Waals surface area contributed by atoms with E-state index in [0.29, 0.717) is 15.7 Å². The Morgan fingerprint density at radius 1 is 1.41 bits per heavy atom. The molecule has 0 bridgehead atoms. The molecule has 6 heteroatoms. The lowest BCUT2D eigenvalue weighted by Gasteiger charge is -2.03. The lowest BCUT2D eigenvalue weighted by atomic mass is 10.2. The predicted molar refractivity (Wildman–Crippen MR) is 67.1 cm³/mol. The highest BCUT2D eigenvalue weighted by molar-refractivity contribution is 8.18. The average Bonchev–Trinajstić information content (AvgIpc) is 2.58. The number of carbonyl (C=O) groups is 2. The fraction of sp³-hybridized carbons (Fsp3) is 0.0909. The second-order valence-corrected chi connectivity index (χ2v) is 4.67. The van der Waals surface area contributed by atoms with Crippen molar-refractivity contribution >= 4 is 40.6 Å². The van der Waals surface area contributed by atoms with Crippen LogP contribution in [0.5, 0.6) is 5.75 Å². The Morgan fingerprint density at radius 2 is 2.18 bits per heavy atom. The molecule has 88 valence electrons. The van der Waals surface area contributed by atoms with Gasteiger partial charge in [-0.1, -0.05) is 17.7 Å². The molecule has 1 aliphatic heterocycles. The number of nitrogens with one attached hydrogen (secondary N) is 1. The summed E-state index contributed by atoms with van der Waals surface area (Å²) in [7, 11) is 1.53. The minimum Gasteiger partial charge on any atom is -0.495 e. The molecule has 0 aromatic heterocycles. The highest BCUT2D eigenvalue weighted by atomic mass is 35.5. The summed E-state index contributed by atoms with van der Waals surface area (Å²) in [6, 6.07) is 5.13. The molecule has 1 fully saturated rings. The van der Waals surface area contributed by atoms with Crippen molar-refractivity contribution in [2.45, 2.75) is 0 Å². The first kappa shape index (κ1) is 12.0. The molecule has 2 rings (SSSR count).